The number of aromatic nitrogens is 1. The van der Waals surface area contributed by atoms with Gasteiger partial charge >= 0.3 is 12.3 Å². The number of nitrogens with zero attached hydrogens (tertiary/aromatic N) is 1. The van der Waals surface area contributed by atoms with Crippen LogP contribution in [0, 0.1) is 0 Å². The van der Waals surface area contributed by atoms with Crippen LogP contribution in [0.2, 0.25) is 0 Å². The summed E-state index contributed by atoms with van der Waals surface area (Å²) in [5, 5.41) is 8.68. The van der Waals surface area contributed by atoms with E-state index in [1.54, 1.807) is 0 Å². The Kier molecular flexibility index (Phi) is 4.12. The van der Waals surface area contributed by atoms with Crippen LogP contribution in [0.25, 0.3) is 0 Å². The Labute approximate surface area is 102 Å². The Bertz CT molecular complexity index is 488. The predicted octanol–water partition coefficient (Wildman–Crippen LogP) is 2.62. The average molecular weight is 287 g/mol. The average Bonchev–Trinajstić information content (AvgIpc) is 2.25. The van der Waals surface area contributed by atoms with Gasteiger partial charge in [0, 0.05) is 6.07 Å². The minimum atomic E-state index is -5.22. The molecule has 0 radical (unpaired) electrons. The molecule has 10 heteroatoms. The molecule has 0 aliphatic carbocycles. The van der Waals surface area contributed by atoms with Crippen LogP contribution in [0.15, 0.2) is 6.07 Å². The highest BCUT2D eigenvalue weighted by Crippen LogP contribution is 2.35. The number of methoxy groups -OCH3 is 1. The third kappa shape index (κ3) is 3.66. The number of ether oxygens (including phenoxy) is 2. The van der Waals surface area contributed by atoms with E-state index in [1.165, 1.54) is 0 Å². The molecule has 0 amide bonds. The molecule has 1 heterocycles. The van der Waals surface area contributed by atoms with Crippen LogP contribution in [0.4, 0.5) is 22.0 Å². The summed E-state index contributed by atoms with van der Waals surface area (Å²) < 4.78 is 69.0. The summed E-state index contributed by atoms with van der Waals surface area (Å²) >= 11 is 0. The number of carboxylic acids is 1. The number of hydrogen-bond acceptors (Lipinski definition) is 4. The van der Waals surface area contributed by atoms with E-state index in [0.717, 1.165) is 7.11 Å². The summed E-state index contributed by atoms with van der Waals surface area (Å²) in [6.07, 6.45) is -8.66. The van der Waals surface area contributed by atoms with Crippen molar-refractivity contribution in [2.24, 2.45) is 0 Å². The molecule has 19 heavy (non-hydrogen) atoms. The lowest BCUT2D eigenvalue weighted by Crippen LogP contribution is -2.19. The lowest BCUT2D eigenvalue weighted by molar-refractivity contribution is -0.275. The Morgan fingerprint density at radius 3 is 2.32 bits per heavy atom. The molecule has 0 saturated carbocycles. The Balaban J connectivity index is 3.40. The fourth-order valence-electron chi connectivity index (χ4n) is 1.16. The second-order valence-electron chi connectivity index (χ2n) is 3.08. The predicted molar refractivity (Wildman–Crippen MR) is 49.4 cm³/mol. The van der Waals surface area contributed by atoms with E-state index in [-0.39, 0.29) is 0 Å². The smallest absolute Gasteiger partial charge is 0.494 e. The topological polar surface area (TPSA) is 68.7 Å². The van der Waals surface area contributed by atoms with Crippen molar-refractivity contribution in [3.8, 4) is 11.5 Å². The molecule has 1 aromatic heterocycles. The highest BCUT2D eigenvalue weighted by molar-refractivity contribution is 5.88. The maximum atomic E-state index is 12.5. The summed E-state index contributed by atoms with van der Waals surface area (Å²) in [5.74, 6) is -3.67. The van der Waals surface area contributed by atoms with Crippen molar-refractivity contribution in [3.63, 3.8) is 0 Å². The van der Waals surface area contributed by atoms with E-state index < -0.39 is 41.6 Å². The Morgan fingerprint density at radius 2 is 1.95 bits per heavy atom. The molecule has 0 bridgehead atoms. The quantitative estimate of drug-likeness (QED) is 0.862. The van der Waals surface area contributed by atoms with Crippen LogP contribution in [0.1, 0.15) is 22.6 Å². The second-order valence-corrected chi connectivity index (χ2v) is 3.08. The molecule has 1 N–H and O–H groups in total. The first-order valence-corrected chi connectivity index (χ1v) is 4.51. The minimum absolute atomic E-state index is 0.394. The van der Waals surface area contributed by atoms with Crippen molar-refractivity contribution in [3.05, 3.63) is 17.5 Å². The largest absolute Gasteiger partial charge is 0.573 e. The maximum absolute atomic E-state index is 12.5. The molecule has 0 aliphatic rings. The van der Waals surface area contributed by atoms with E-state index in [4.69, 9.17) is 5.11 Å². The molecular formula is C9H6F5NO4. The minimum Gasteiger partial charge on any atom is -0.494 e. The van der Waals surface area contributed by atoms with Crippen LogP contribution in [0.5, 0.6) is 11.5 Å². The molecular weight excluding hydrogens is 281 g/mol. The SMILES string of the molecule is COc1cc(OC(F)(F)F)c(C(F)F)nc1C(=O)O. The van der Waals surface area contributed by atoms with E-state index in [0.29, 0.717) is 6.07 Å². The van der Waals surface area contributed by atoms with Gasteiger partial charge in [0.25, 0.3) is 6.43 Å². The van der Waals surface area contributed by atoms with Gasteiger partial charge in [0.1, 0.15) is 5.69 Å². The van der Waals surface area contributed by atoms with Gasteiger partial charge in [0.05, 0.1) is 7.11 Å². The molecule has 0 aromatic carbocycles. The van der Waals surface area contributed by atoms with Crippen LogP contribution in [-0.4, -0.2) is 29.5 Å². The van der Waals surface area contributed by atoms with E-state index in [1.807, 2.05) is 0 Å². The maximum Gasteiger partial charge on any atom is 0.573 e. The van der Waals surface area contributed by atoms with Crippen LogP contribution in [0.3, 0.4) is 0 Å². The van der Waals surface area contributed by atoms with Gasteiger partial charge in [-0.2, -0.15) is 0 Å². The van der Waals surface area contributed by atoms with E-state index in [2.05, 4.69) is 14.5 Å². The van der Waals surface area contributed by atoms with Gasteiger partial charge in [-0.3, -0.25) is 0 Å². The lowest BCUT2D eigenvalue weighted by atomic mass is 10.2. The van der Waals surface area contributed by atoms with E-state index >= 15 is 0 Å². The van der Waals surface area contributed by atoms with Crippen molar-refractivity contribution in [1.29, 1.82) is 0 Å². The van der Waals surface area contributed by atoms with Crippen molar-refractivity contribution in [2.75, 3.05) is 7.11 Å². The van der Waals surface area contributed by atoms with Crippen LogP contribution < -0.4 is 9.47 Å². The Morgan fingerprint density at radius 1 is 1.37 bits per heavy atom. The molecule has 106 valence electrons. The highest BCUT2D eigenvalue weighted by atomic mass is 19.4. The molecule has 5 nitrogen and oxygen atoms in total. The van der Waals surface area contributed by atoms with Crippen molar-refractivity contribution in [1.82, 2.24) is 4.98 Å². The fraction of sp³-hybridized carbons (Fsp3) is 0.333. The molecule has 0 fully saturated rings. The molecule has 0 spiro atoms. The van der Waals surface area contributed by atoms with Gasteiger partial charge in [-0.15, -0.1) is 13.2 Å². The molecule has 0 aliphatic heterocycles. The molecule has 0 unspecified atom stereocenters. The highest BCUT2D eigenvalue weighted by Gasteiger charge is 2.35. The van der Waals surface area contributed by atoms with E-state index in [9.17, 15) is 26.7 Å². The van der Waals surface area contributed by atoms with Crippen molar-refractivity contribution in [2.45, 2.75) is 12.8 Å². The number of aromatic carboxylic acids is 1. The monoisotopic (exact) mass is 287 g/mol. The summed E-state index contributed by atoms with van der Waals surface area (Å²) in [5.41, 5.74) is -2.37. The normalized spacial score (nSPS) is 11.5. The number of pyridine rings is 1. The number of alkyl halides is 5. The summed E-state index contributed by atoms with van der Waals surface area (Å²) in [6, 6.07) is 0.394. The van der Waals surface area contributed by atoms with Crippen molar-refractivity contribution >= 4 is 5.97 Å². The lowest BCUT2D eigenvalue weighted by Gasteiger charge is -2.14. The summed E-state index contributed by atoms with van der Waals surface area (Å²) in [6.45, 7) is 0. The summed E-state index contributed by atoms with van der Waals surface area (Å²) in [4.78, 5) is 13.6. The summed E-state index contributed by atoms with van der Waals surface area (Å²) in [7, 11) is 0.947. The van der Waals surface area contributed by atoms with Gasteiger partial charge in [-0.05, 0) is 0 Å². The van der Waals surface area contributed by atoms with Crippen molar-refractivity contribution < 1.29 is 41.3 Å². The number of halogens is 5. The van der Waals surface area contributed by atoms with Gasteiger partial charge in [-0.25, -0.2) is 18.6 Å². The number of hydrogen-bond donors (Lipinski definition) is 1. The molecule has 1 rings (SSSR count). The third-order valence-corrected chi connectivity index (χ3v) is 1.84. The van der Waals surface area contributed by atoms with Crippen LogP contribution in [-0.2, 0) is 0 Å². The number of carbonyl (C=O) groups is 1. The Hall–Kier alpha value is -2.13. The zero-order chi connectivity index (χ0) is 14.8. The zero-order valence-electron chi connectivity index (χ0n) is 9.16. The van der Waals surface area contributed by atoms with Gasteiger partial charge in [0.2, 0.25) is 0 Å². The zero-order valence-corrected chi connectivity index (χ0v) is 9.16. The fourth-order valence-corrected chi connectivity index (χ4v) is 1.16. The van der Waals surface area contributed by atoms with Crippen LogP contribution >= 0.6 is 0 Å². The molecule has 0 atom stereocenters. The molecule has 1 aromatic rings. The molecule has 0 saturated heterocycles. The first kappa shape index (κ1) is 14.9. The van der Waals surface area contributed by atoms with Gasteiger partial charge in [0.15, 0.2) is 17.2 Å². The number of rotatable bonds is 4. The standard InChI is InChI=1S/C9H6F5NO4/c1-18-3-2-4(19-9(12,13)14)5(7(10)11)15-6(3)8(16)17/h2,7H,1H3,(H,16,17). The third-order valence-electron chi connectivity index (χ3n) is 1.84. The van der Waals surface area contributed by atoms with Gasteiger partial charge in [-0.1, -0.05) is 0 Å². The first-order valence-electron chi connectivity index (χ1n) is 4.51. The second kappa shape index (κ2) is 5.24. The van der Waals surface area contributed by atoms with Gasteiger partial charge < -0.3 is 14.6 Å². The number of carboxylic acid groups (broad SMARTS) is 1. The first-order chi connectivity index (χ1) is 8.65.